The van der Waals surface area contributed by atoms with Crippen molar-refractivity contribution >= 4 is 54.0 Å². The van der Waals surface area contributed by atoms with Crippen LogP contribution in [0.2, 0.25) is 0 Å². The summed E-state index contributed by atoms with van der Waals surface area (Å²) in [6.07, 6.45) is 7.81. The summed E-state index contributed by atoms with van der Waals surface area (Å²) in [6, 6.07) is 7.19. The molecule has 0 saturated heterocycles. The molecule has 10 heteroatoms. The van der Waals surface area contributed by atoms with Gasteiger partial charge in [0.25, 0.3) is 0 Å². The lowest BCUT2D eigenvalue weighted by Crippen LogP contribution is -2.40. The number of pyridine rings is 2. The van der Waals surface area contributed by atoms with Crippen molar-refractivity contribution in [1.82, 2.24) is 9.97 Å². The molecule has 2 aliphatic rings. The summed E-state index contributed by atoms with van der Waals surface area (Å²) in [5.41, 5.74) is 7.12. The van der Waals surface area contributed by atoms with Gasteiger partial charge < -0.3 is 11.1 Å². The number of aromatic nitrogens is 2. The number of aliphatic imine (C=N–C) groups is 1. The van der Waals surface area contributed by atoms with Crippen molar-refractivity contribution in [2.75, 3.05) is 11.1 Å². The lowest BCUT2D eigenvalue weighted by atomic mass is 10.1. The van der Waals surface area contributed by atoms with Gasteiger partial charge in [-0.1, -0.05) is 19.3 Å². The fraction of sp³-hybridized carbons (Fsp3) is 0.318. The highest BCUT2D eigenvalue weighted by atomic mass is 79.9. The van der Waals surface area contributed by atoms with E-state index in [1.54, 1.807) is 18.5 Å². The normalized spacial score (nSPS) is 21.3. The van der Waals surface area contributed by atoms with Crippen LogP contribution in [0.15, 0.2) is 52.2 Å². The van der Waals surface area contributed by atoms with Crippen molar-refractivity contribution in [1.29, 1.82) is 0 Å². The third-order valence-corrected chi connectivity index (χ3v) is 7.72. The molecule has 1 fully saturated rings. The summed E-state index contributed by atoms with van der Waals surface area (Å²) < 4.78 is 40.0. The van der Waals surface area contributed by atoms with Crippen molar-refractivity contribution in [3.8, 4) is 0 Å². The van der Waals surface area contributed by atoms with E-state index in [0.29, 0.717) is 17.0 Å². The van der Waals surface area contributed by atoms with Gasteiger partial charge in [-0.3, -0.25) is 9.98 Å². The average Bonchev–Trinajstić information content (AvgIpc) is 3.62. The van der Waals surface area contributed by atoms with E-state index in [-0.39, 0.29) is 17.2 Å². The van der Waals surface area contributed by atoms with Crippen LogP contribution in [0, 0.1) is 5.82 Å². The van der Waals surface area contributed by atoms with Gasteiger partial charge in [-0.25, -0.2) is 17.8 Å². The molecule has 0 radical (unpaired) electrons. The average molecular weight is 520 g/mol. The Hall–Kier alpha value is -2.59. The number of sulfone groups is 1. The highest BCUT2D eigenvalue weighted by Crippen LogP contribution is 2.31. The number of anilines is 2. The highest BCUT2D eigenvalue weighted by Gasteiger charge is 2.34. The number of benzene rings is 1. The number of hydrogen-bond acceptors (Lipinski definition) is 7. The maximum Gasteiger partial charge on any atom is 0.162 e. The first-order valence-corrected chi connectivity index (χ1v) is 12.8. The van der Waals surface area contributed by atoms with E-state index in [2.05, 4.69) is 36.2 Å². The molecule has 1 aromatic carbocycles. The Morgan fingerprint density at radius 2 is 1.91 bits per heavy atom. The predicted octanol–water partition coefficient (Wildman–Crippen LogP) is 4.66. The monoisotopic (exact) mass is 519 g/mol. The lowest BCUT2D eigenvalue weighted by Gasteiger charge is -2.24. The van der Waals surface area contributed by atoms with Crippen LogP contribution in [0.25, 0.3) is 10.9 Å². The van der Waals surface area contributed by atoms with Crippen LogP contribution in [0.4, 0.5) is 15.9 Å². The van der Waals surface area contributed by atoms with E-state index in [4.69, 9.17) is 5.73 Å². The van der Waals surface area contributed by atoms with Crippen molar-refractivity contribution in [3.05, 3.63) is 58.6 Å². The molecule has 3 aromatic rings. The Kier molecular flexibility index (Phi) is 6.43. The summed E-state index contributed by atoms with van der Waals surface area (Å²) in [5, 5.41) is 3.14. The van der Waals surface area contributed by atoms with Gasteiger partial charge in [-0.2, -0.15) is 0 Å². The van der Waals surface area contributed by atoms with E-state index in [9.17, 15) is 12.8 Å². The molecule has 7 nitrogen and oxygen atoms in total. The number of nitrogens with two attached hydrogens (primary N) is 1. The van der Waals surface area contributed by atoms with Crippen molar-refractivity contribution in [2.45, 2.75) is 37.5 Å². The van der Waals surface area contributed by atoms with E-state index in [1.807, 2.05) is 12.1 Å². The Bertz CT molecular complexity index is 1290. The second kappa shape index (κ2) is 9.11. The van der Waals surface area contributed by atoms with E-state index in [1.165, 1.54) is 38.3 Å². The Labute approximate surface area is 194 Å². The van der Waals surface area contributed by atoms with Gasteiger partial charge in [0.15, 0.2) is 15.7 Å². The minimum atomic E-state index is -3.50. The Balaban J connectivity index is 0.000000754. The fourth-order valence-corrected chi connectivity index (χ4v) is 4.93. The number of halogens is 2. The van der Waals surface area contributed by atoms with Crippen LogP contribution in [0.5, 0.6) is 0 Å². The van der Waals surface area contributed by atoms with Gasteiger partial charge in [0, 0.05) is 33.5 Å². The first kappa shape index (κ1) is 22.6. The third kappa shape index (κ3) is 5.07. The van der Waals surface area contributed by atoms with Crippen LogP contribution in [0.3, 0.4) is 0 Å². The fourth-order valence-electron chi connectivity index (χ4n) is 3.17. The zero-order valence-corrected chi connectivity index (χ0v) is 19.8. The second-order valence-corrected chi connectivity index (χ2v) is 11.1. The minimum Gasteiger partial charge on any atom is -0.386 e. The summed E-state index contributed by atoms with van der Waals surface area (Å²) in [7, 11) is -3.50. The predicted molar refractivity (Wildman–Crippen MR) is 128 cm³/mol. The number of hydrogen-bond donors (Lipinski definition) is 2. The number of amidine groups is 1. The van der Waals surface area contributed by atoms with Crippen molar-refractivity contribution in [3.63, 3.8) is 0 Å². The Morgan fingerprint density at radius 3 is 2.59 bits per heavy atom. The second-order valence-electron chi connectivity index (χ2n) is 7.85. The molecule has 1 aliphatic heterocycles. The molecule has 2 unspecified atom stereocenters. The van der Waals surface area contributed by atoms with Gasteiger partial charge >= 0.3 is 0 Å². The number of nitrogens with zero attached hydrogens (tertiary/aromatic N) is 3. The molecular formula is C22H23BrFN5O2S. The number of nitrogens with one attached hydrogen (secondary N) is 1. The summed E-state index contributed by atoms with van der Waals surface area (Å²) in [6.45, 7) is 1.48. The van der Waals surface area contributed by atoms with E-state index >= 15 is 0 Å². The quantitative estimate of drug-likeness (QED) is 0.520. The summed E-state index contributed by atoms with van der Waals surface area (Å²) in [5.74, 6) is -0.350. The van der Waals surface area contributed by atoms with Gasteiger partial charge in [-0.15, -0.1) is 0 Å². The maximum atomic E-state index is 14.5. The smallest absolute Gasteiger partial charge is 0.162 e. The summed E-state index contributed by atoms with van der Waals surface area (Å²) >= 11 is 3.39. The minimum absolute atomic E-state index is 0.00971. The molecule has 168 valence electrons. The maximum absolute atomic E-state index is 14.5. The molecule has 3 heterocycles. The zero-order valence-electron chi connectivity index (χ0n) is 17.4. The molecule has 1 aliphatic carbocycles. The standard InChI is InChI=1S/C19H17BrFN5O2S.C3H6/c1-10-18(22)26-16(9-29(10,27)28)14-7-13(2-3-15(14)21)25-19-17-11(4-5-23-19)6-12(20)8-24-17;1-2-3-1/h2-8,10,16H,9H2,1H3,(H2,22,26)(H,23,25);1-3H2. The van der Waals surface area contributed by atoms with E-state index in [0.717, 1.165) is 9.86 Å². The zero-order chi connectivity index (χ0) is 22.9. The molecule has 3 N–H and O–H groups in total. The number of rotatable bonds is 3. The first-order chi connectivity index (χ1) is 15.2. The molecule has 5 rings (SSSR count). The molecule has 2 aromatic heterocycles. The Morgan fingerprint density at radius 1 is 1.16 bits per heavy atom. The van der Waals surface area contributed by atoms with Crippen LogP contribution in [0.1, 0.15) is 37.8 Å². The molecular weight excluding hydrogens is 497 g/mol. The van der Waals surface area contributed by atoms with Crippen LogP contribution in [-0.2, 0) is 9.84 Å². The molecule has 32 heavy (non-hydrogen) atoms. The van der Waals surface area contributed by atoms with Crippen LogP contribution < -0.4 is 11.1 Å². The van der Waals surface area contributed by atoms with Gasteiger partial charge in [0.05, 0.1) is 11.8 Å². The van der Waals surface area contributed by atoms with Crippen LogP contribution in [-0.4, -0.2) is 35.2 Å². The molecule has 0 amide bonds. The molecule has 0 spiro atoms. The van der Waals surface area contributed by atoms with Gasteiger partial charge in [0.1, 0.15) is 22.4 Å². The highest BCUT2D eigenvalue weighted by molar-refractivity contribution is 9.10. The first-order valence-electron chi connectivity index (χ1n) is 10.3. The van der Waals surface area contributed by atoms with E-state index < -0.39 is 26.9 Å². The summed E-state index contributed by atoms with van der Waals surface area (Å²) in [4.78, 5) is 12.9. The lowest BCUT2D eigenvalue weighted by molar-refractivity contribution is 0.567. The van der Waals surface area contributed by atoms with Gasteiger partial charge in [0.2, 0.25) is 0 Å². The molecule has 2 atom stereocenters. The van der Waals surface area contributed by atoms with Crippen LogP contribution >= 0.6 is 15.9 Å². The SMILES string of the molecule is C1CC1.CC1C(N)=NC(c2cc(Nc3nccc4cc(Br)cnc34)ccc2F)CS1(=O)=O. The largest absolute Gasteiger partial charge is 0.386 e. The third-order valence-electron chi connectivity index (χ3n) is 5.19. The van der Waals surface area contributed by atoms with Crippen molar-refractivity contribution < 1.29 is 12.8 Å². The topological polar surface area (TPSA) is 110 Å². The molecule has 1 saturated carbocycles. The number of fused-ring (bicyclic) bond motifs is 1. The van der Waals surface area contributed by atoms with Gasteiger partial charge in [-0.05, 0) is 53.2 Å². The van der Waals surface area contributed by atoms with Crippen molar-refractivity contribution in [2.24, 2.45) is 10.7 Å². The molecule has 0 bridgehead atoms.